The number of benzene rings is 1. The zero-order chi connectivity index (χ0) is 20.6. The van der Waals surface area contributed by atoms with E-state index in [0.717, 1.165) is 31.1 Å². The minimum atomic E-state index is -4.06. The van der Waals surface area contributed by atoms with Crippen molar-refractivity contribution < 1.29 is 18.5 Å². The van der Waals surface area contributed by atoms with Crippen LogP contribution in [0.4, 0.5) is 5.82 Å². The molecule has 0 bridgehead atoms. The van der Waals surface area contributed by atoms with Crippen molar-refractivity contribution in [2.24, 2.45) is 0 Å². The maximum atomic E-state index is 11.8. The van der Waals surface area contributed by atoms with E-state index in [1.165, 1.54) is 0 Å². The van der Waals surface area contributed by atoms with Crippen LogP contribution in [0.3, 0.4) is 0 Å². The van der Waals surface area contributed by atoms with Crippen LogP contribution in [0.2, 0.25) is 10.0 Å². The number of hydrogen-bond acceptors (Lipinski definition) is 6. The van der Waals surface area contributed by atoms with Gasteiger partial charge in [-0.1, -0.05) is 23.2 Å². The summed E-state index contributed by atoms with van der Waals surface area (Å²) >= 11 is 12.7. The molecule has 0 amide bonds. The number of phosphoric acid groups is 1. The van der Waals surface area contributed by atoms with E-state index in [2.05, 4.69) is 9.51 Å². The summed E-state index contributed by atoms with van der Waals surface area (Å²) in [6, 6.07) is 5.55. The van der Waals surface area contributed by atoms with E-state index < -0.39 is 13.9 Å². The predicted octanol–water partition coefficient (Wildman–Crippen LogP) is 4.46. The van der Waals surface area contributed by atoms with Crippen molar-refractivity contribution in [1.82, 2.24) is 14.5 Å². The minimum Gasteiger partial charge on any atom is -0.354 e. The number of piperidine rings is 1. The SMILES string of the molecule is COP(=O)(O)OC1CCCN(c2cc(-n3ccnc3)c3ccc(Cl)c(Cl)c3n2)C1. The van der Waals surface area contributed by atoms with E-state index in [9.17, 15) is 9.46 Å². The van der Waals surface area contributed by atoms with E-state index in [1.807, 2.05) is 27.8 Å². The molecule has 0 spiro atoms. The molecule has 1 saturated heterocycles. The molecule has 29 heavy (non-hydrogen) atoms. The monoisotopic (exact) mass is 456 g/mol. The second kappa shape index (κ2) is 8.22. The third kappa shape index (κ3) is 4.28. The second-order valence-electron chi connectivity index (χ2n) is 6.69. The Morgan fingerprint density at radius 3 is 2.90 bits per heavy atom. The van der Waals surface area contributed by atoms with Gasteiger partial charge in [0, 0.05) is 44.0 Å². The van der Waals surface area contributed by atoms with Crippen LogP contribution in [-0.4, -0.2) is 45.7 Å². The lowest BCUT2D eigenvalue weighted by atomic mass is 10.1. The first-order valence-corrected chi connectivity index (χ1v) is 11.2. The van der Waals surface area contributed by atoms with Gasteiger partial charge in [0.25, 0.3) is 0 Å². The fourth-order valence-electron chi connectivity index (χ4n) is 3.44. The average Bonchev–Trinajstić information content (AvgIpc) is 3.25. The summed E-state index contributed by atoms with van der Waals surface area (Å²) in [7, 11) is -2.91. The third-order valence-electron chi connectivity index (χ3n) is 4.83. The lowest BCUT2D eigenvalue weighted by Crippen LogP contribution is -2.39. The van der Waals surface area contributed by atoms with E-state index in [0.29, 0.717) is 34.3 Å². The Labute approximate surface area is 177 Å². The number of pyridine rings is 1. The quantitative estimate of drug-likeness (QED) is 0.566. The van der Waals surface area contributed by atoms with Gasteiger partial charge in [-0.2, -0.15) is 0 Å². The van der Waals surface area contributed by atoms with Crippen molar-refractivity contribution in [2.45, 2.75) is 18.9 Å². The van der Waals surface area contributed by atoms with Crippen LogP contribution in [0.5, 0.6) is 0 Å². The molecule has 2 aromatic heterocycles. The van der Waals surface area contributed by atoms with E-state index >= 15 is 0 Å². The first-order chi connectivity index (χ1) is 13.9. The van der Waals surface area contributed by atoms with Crippen LogP contribution in [0.25, 0.3) is 16.6 Å². The topological polar surface area (TPSA) is 89.7 Å². The summed E-state index contributed by atoms with van der Waals surface area (Å²) in [4.78, 5) is 20.5. The van der Waals surface area contributed by atoms with Gasteiger partial charge < -0.3 is 14.4 Å². The lowest BCUT2D eigenvalue weighted by molar-refractivity contribution is 0.108. The van der Waals surface area contributed by atoms with E-state index in [4.69, 9.17) is 32.7 Å². The van der Waals surface area contributed by atoms with Crippen LogP contribution in [0.15, 0.2) is 36.9 Å². The summed E-state index contributed by atoms with van der Waals surface area (Å²) in [5, 5.41) is 1.63. The smallest absolute Gasteiger partial charge is 0.354 e. The Balaban J connectivity index is 1.75. The molecule has 1 N–H and O–H groups in total. The molecule has 3 heterocycles. The van der Waals surface area contributed by atoms with Crippen molar-refractivity contribution in [2.75, 3.05) is 25.1 Å². The molecule has 3 aromatic rings. The van der Waals surface area contributed by atoms with Crippen LogP contribution in [0, 0.1) is 0 Å². The summed E-state index contributed by atoms with van der Waals surface area (Å²) < 4.78 is 23.5. The van der Waals surface area contributed by atoms with Crippen LogP contribution < -0.4 is 4.90 Å². The van der Waals surface area contributed by atoms with Gasteiger partial charge in [0.15, 0.2) is 0 Å². The van der Waals surface area contributed by atoms with Crippen LogP contribution >= 0.6 is 31.0 Å². The number of nitrogens with zero attached hydrogens (tertiary/aromatic N) is 4. The highest BCUT2D eigenvalue weighted by molar-refractivity contribution is 7.47. The summed E-state index contributed by atoms with van der Waals surface area (Å²) in [5.41, 5.74) is 1.43. The highest BCUT2D eigenvalue weighted by atomic mass is 35.5. The van der Waals surface area contributed by atoms with Gasteiger partial charge in [-0.15, -0.1) is 0 Å². The molecule has 11 heteroatoms. The fourth-order valence-corrected chi connectivity index (χ4v) is 4.44. The predicted molar refractivity (Wildman–Crippen MR) is 112 cm³/mol. The molecule has 0 aliphatic carbocycles. The number of fused-ring (bicyclic) bond motifs is 1. The highest BCUT2D eigenvalue weighted by Gasteiger charge is 2.30. The molecular formula is C18H19Cl2N4O4P. The minimum absolute atomic E-state index is 0.372. The number of rotatable bonds is 5. The largest absolute Gasteiger partial charge is 0.472 e. The summed E-state index contributed by atoms with van der Waals surface area (Å²) in [6.07, 6.45) is 6.20. The molecule has 154 valence electrons. The maximum absolute atomic E-state index is 11.8. The third-order valence-corrected chi connectivity index (χ3v) is 6.66. The van der Waals surface area contributed by atoms with Gasteiger partial charge in [0.1, 0.15) is 5.82 Å². The van der Waals surface area contributed by atoms with Crippen molar-refractivity contribution in [3.63, 3.8) is 0 Å². The number of halogens is 2. The second-order valence-corrected chi connectivity index (χ2v) is 8.99. The molecule has 2 unspecified atom stereocenters. The molecule has 1 aromatic carbocycles. The van der Waals surface area contributed by atoms with Crippen molar-refractivity contribution in [1.29, 1.82) is 0 Å². The van der Waals surface area contributed by atoms with Gasteiger partial charge in [-0.05, 0) is 25.0 Å². The first kappa shape index (κ1) is 20.6. The average molecular weight is 457 g/mol. The molecule has 1 aliphatic heterocycles. The first-order valence-electron chi connectivity index (χ1n) is 8.97. The van der Waals surface area contributed by atoms with E-state index in [1.54, 1.807) is 18.6 Å². The maximum Gasteiger partial charge on any atom is 0.472 e. The lowest BCUT2D eigenvalue weighted by Gasteiger charge is -2.34. The Bertz CT molecular complexity index is 1080. The summed E-state index contributed by atoms with van der Waals surface area (Å²) in [5.74, 6) is 0.670. The number of hydrogen-bond donors (Lipinski definition) is 1. The molecule has 2 atom stereocenters. The zero-order valence-corrected chi connectivity index (χ0v) is 17.9. The van der Waals surface area contributed by atoms with Crippen molar-refractivity contribution in [3.8, 4) is 5.69 Å². The standard InChI is InChI=1S/C18H19Cl2N4O4P/c1-27-29(25,26)28-12-3-2-7-23(10-12)16-9-15(24-8-6-21-11-24)13-4-5-14(19)17(20)18(13)22-16/h4-6,8-9,11-12H,2-3,7,10H2,1H3,(H,25,26). The zero-order valence-electron chi connectivity index (χ0n) is 15.5. The highest BCUT2D eigenvalue weighted by Crippen LogP contribution is 2.45. The molecule has 0 saturated carbocycles. The molecule has 4 rings (SSSR count). The number of imidazole rings is 1. The van der Waals surface area contributed by atoms with Crippen LogP contribution in [-0.2, 0) is 13.6 Å². The molecule has 0 radical (unpaired) electrons. The van der Waals surface area contributed by atoms with Crippen molar-refractivity contribution in [3.05, 3.63) is 47.0 Å². The molecule has 1 fully saturated rings. The van der Waals surface area contributed by atoms with Gasteiger partial charge in [-0.3, -0.25) is 9.05 Å². The van der Waals surface area contributed by atoms with Gasteiger partial charge in [-0.25, -0.2) is 14.5 Å². The Morgan fingerprint density at radius 1 is 1.34 bits per heavy atom. The van der Waals surface area contributed by atoms with Crippen molar-refractivity contribution >= 4 is 47.7 Å². The van der Waals surface area contributed by atoms with Crippen LogP contribution in [0.1, 0.15) is 12.8 Å². The fraction of sp³-hybridized carbons (Fsp3) is 0.333. The normalized spacial score (nSPS) is 19.4. The Hall–Kier alpha value is -1.67. The van der Waals surface area contributed by atoms with Gasteiger partial charge in [0.05, 0.1) is 33.7 Å². The number of phosphoric ester groups is 1. The van der Waals surface area contributed by atoms with E-state index in [-0.39, 0.29) is 0 Å². The Morgan fingerprint density at radius 2 is 2.17 bits per heavy atom. The molecule has 1 aliphatic rings. The van der Waals surface area contributed by atoms with Gasteiger partial charge in [0.2, 0.25) is 0 Å². The van der Waals surface area contributed by atoms with Gasteiger partial charge >= 0.3 is 7.82 Å². The summed E-state index contributed by atoms with van der Waals surface area (Å²) in [6.45, 7) is 1.12. The number of anilines is 1. The number of aromatic nitrogens is 3. The Kier molecular flexibility index (Phi) is 5.84. The molecule has 8 nitrogen and oxygen atoms in total. The molecular weight excluding hydrogens is 438 g/mol.